The molecule has 0 radical (unpaired) electrons. The molecule has 12 heavy (non-hydrogen) atoms. The van der Waals surface area contributed by atoms with Crippen molar-refractivity contribution in [3.05, 3.63) is 30.1 Å². The van der Waals surface area contributed by atoms with E-state index in [0.29, 0.717) is 10.7 Å². The first kappa shape index (κ1) is 9.42. The molecule has 0 atom stereocenters. The molecular formula is C8H9ClN2S. The average Bonchev–Trinajstić information content (AvgIpc) is 2.04. The van der Waals surface area contributed by atoms with Gasteiger partial charge in [-0.2, -0.15) is 0 Å². The first-order valence-corrected chi connectivity index (χ1v) is 4.74. The van der Waals surface area contributed by atoms with Crippen molar-refractivity contribution >= 4 is 29.1 Å². The van der Waals surface area contributed by atoms with E-state index >= 15 is 0 Å². The van der Waals surface area contributed by atoms with Gasteiger partial charge in [0, 0.05) is 11.9 Å². The minimum atomic E-state index is 0.599. The van der Waals surface area contributed by atoms with E-state index < -0.39 is 0 Å². The fraction of sp³-hybridized carbons (Fsp3) is 0.125. The zero-order valence-electron chi connectivity index (χ0n) is 6.46. The van der Waals surface area contributed by atoms with Crippen LogP contribution in [-0.4, -0.2) is 10.7 Å². The Hall–Kier alpha value is -0.670. The molecule has 1 aromatic heterocycles. The summed E-state index contributed by atoms with van der Waals surface area (Å²) in [4.78, 5) is 4.74. The zero-order valence-corrected chi connectivity index (χ0v) is 8.03. The standard InChI is InChI=1S/C8H9ClN2S/c1-2-3-12-8-6(9)4-11-5-7(8)10/h2,4-5H,1,3,10H2. The summed E-state index contributed by atoms with van der Waals surface area (Å²) in [6.07, 6.45) is 4.99. The molecule has 1 aromatic rings. The predicted octanol–water partition coefficient (Wildman–Crippen LogP) is 2.60. The van der Waals surface area contributed by atoms with Gasteiger partial charge in [-0.25, -0.2) is 0 Å². The van der Waals surface area contributed by atoms with E-state index in [0.717, 1.165) is 10.6 Å². The number of aromatic nitrogens is 1. The number of hydrogen-bond acceptors (Lipinski definition) is 3. The largest absolute Gasteiger partial charge is 0.397 e. The Bertz CT molecular complexity index is 268. The second kappa shape index (κ2) is 4.38. The predicted molar refractivity (Wildman–Crippen MR) is 54.6 cm³/mol. The number of thioether (sulfide) groups is 1. The highest BCUT2D eigenvalue weighted by Gasteiger charge is 2.03. The van der Waals surface area contributed by atoms with Crippen LogP contribution in [0, 0.1) is 0 Å². The van der Waals surface area contributed by atoms with Crippen LogP contribution in [0.1, 0.15) is 0 Å². The molecule has 0 spiro atoms. The fourth-order valence-electron chi connectivity index (χ4n) is 0.733. The van der Waals surface area contributed by atoms with E-state index in [1.165, 1.54) is 0 Å². The fourth-order valence-corrected chi connectivity index (χ4v) is 1.76. The molecule has 0 fully saturated rings. The first-order chi connectivity index (χ1) is 5.75. The molecule has 0 saturated carbocycles. The molecule has 4 heteroatoms. The lowest BCUT2D eigenvalue weighted by molar-refractivity contribution is 1.27. The highest BCUT2D eigenvalue weighted by atomic mass is 35.5. The van der Waals surface area contributed by atoms with Gasteiger partial charge in [-0.1, -0.05) is 17.7 Å². The summed E-state index contributed by atoms with van der Waals surface area (Å²) in [7, 11) is 0. The van der Waals surface area contributed by atoms with Crippen LogP contribution < -0.4 is 5.73 Å². The SMILES string of the molecule is C=CCSc1c(N)cncc1Cl. The summed E-state index contributed by atoms with van der Waals surface area (Å²) in [5, 5.41) is 0.599. The summed E-state index contributed by atoms with van der Waals surface area (Å²) in [6.45, 7) is 3.61. The number of nitrogens with two attached hydrogens (primary N) is 1. The minimum absolute atomic E-state index is 0.599. The van der Waals surface area contributed by atoms with Gasteiger partial charge in [0.15, 0.2) is 0 Å². The van der Waals surface area contributed by atoms with E-state index in [1.54, 1.807) is 30.2 Å². The summed E-state index contributed by atoms with van der Waals surface area (Å²) in [6, 6.07) is 0. The van der Waals surface area contributed by atoms with Crippen LogP contribution in [-0.2, 0) is 0 Å². The monoisotopic (exact) mass is 200 g/mol. The number of halogens is 1. The van der Waals surface area contributed by atoms with E-state index in [-0.39, 0.29) is 0 Å². The molecule has 0 bridgehead atoms. The molecule has 0 aliphatic rings. The van der Waals surface area contributed by atoms with Crippen LogP contribution in [0.2, 0.25) is 5.02 Å². The normalized spacial score (nSPS) is 9.75. The van der Waals surface area contributed by atoms with Gasteiger partial charge in [-0.3, -0.25) is 4.98 Å². The molecule has 0 amide bonds. The lowest BCUT2D eigenvalue weighted by atomic mass is 10.4. The van der Waals surface area contributed by atoms with Crippen molar-refractivity contribution in [2.75, 3.05) is 11.5 Å². The second-order valence-electron chi connectivity index (χ2n) is 2.14. The number of nitrogens with zero attached hydrogens (tertiary/aromatic N) is 1. The number of hydrogen-bond donors (Lipinski definition) is 1. The minimum Gasteiger partial charge on any atom is -0.397 e. The van der Waals surface area contributed by atoms with Gasteiger partial charge in [0.25, 0.3) is 0 Å². The van der Waals surface area contributed by atoms with Crippen LogP contribution in [0.3, 0.4) is 0 Å². The number of nitrogen functional groups attached to an aromatic ring is 1. The molecule has 1 rings (SSSR count). The van der Waals surface area contributed by atoms with Crippen molar-refractivity contribution < 1.29 is 0 Å². The Labute approximate surface area is 80.8 Å². The van der Waals surface area contributed by atoms with Gasteiger partial charge in [-0.05, 0) is 0 Å². The Morgan fingerprint density at radius 2 is 2.42 bits per heavy atom. The van der Waals surface area contributed by atoms with Crippen molar-refractivity contribution in [2.45, 2.75) is 4.90 Å². The topological polar surface area (TPSA) is 38.9 Å². The summed E-state index contributed by atoms with van der Waals surface area (Å²) in [5.74, 6) is 0.800. The summed E-state index contributed by atoms with van der Waals surface area (Å²) in [5.41, 5.74) is 6.28. The van der Waals surface area contributed by atoms with Crippen molar-refractivity contribution in [1.82, 2.24) is 4.98 Å². The molecular weight excluding hydrogens is 192 g/mol. The Kier molecular flexibility index (Phi) is 3.44. The zero-order chi connectivity index (χ0) is 8.97. The van der Waals surface area contributed by atoms with Crippen LogP contribution in [0.4, 0.5) is 5.69 Å². The van der Waals surface area contributed by atoms with Gasteiger partial charge < -0.3 is 5.73 Å². The summed E-state index contributed by atoms with van der Waals surface area (Å²) >= 11 is 7.43. The maximum absolute atomic E-state index is 5.87. The Balaban J connectivity index is 2.88. The third-order valence-electron chi connectivity index (χ3n) is 1.23. The lowest BCUT2D eigenvalue weighted by Gasteiger charge is -2.03. The van der Waals surface area contributed by atoms with Crippen molar-refractivity contribution in [3.63, 3.8) is 0 Å². The molecule has 0 aromatic carbocycles. The third-order valence-corrected chi connectivity index (χ3v) is 2.77. The molecule has 0 saturated heterocycles. The maximum atomic E-state index is 5.87. The van der Waals surface area contributed by atoms with Crippen molar-refractivity contribution in [1.29, 1.82) is 0 Å². The van der Waals surface area contributed by atoms with E-state index in [9.17, 15) is 0 Å². The second-order valence-corrected chi connectivity index (χ2v) is 3.58. The summed E-state index contributed by atoms with van der Waals surface area (Å²) < 4.78 is 0. The number of rotatable bonds is 3. The highest BCUT2D eigenvalue weighted by Crippen LogP contribution is 2.31. The van der Waals surface area contributed by atoms with E-state index in [1.807, 2.05) is 0 Å². The maximum Gasteiger partial charge on any atom is 0.0746 e. The smallest absolute Gasteiger partial charge is 0.0746 e. The van der Waals surface area contributed by atoms with Crippen molar-refractivity contribution in [3.8, 4) is 0 Å². The highest BCUT2D eigenvalue weighted by molar-refractivity contribution is 7.99. The number of anilines is 1. The Morgan fingerprint density at radius 1 is 1.67 bits per heavy atom. The van der Waals surface area contributed by atoms with Crippen LogP contribution >= 0.6 is 23.4 Å². The van der Waals surface area contributed by atoms with Gasteiger partial charge >= 0.3 is 0 Å². The molecule has 1 heterocycles. The molecule has 2 N–H and O–H groups in total. The van der Waals surface area contributed by atoms with Crippen LogP contribution in [0.15, 0.2) is 29.9 Å². The van der Waals surface area contributed by atoms with Gasteiger partial charge in [0.2, 0.25) is 0 Å². The molecule has 0 aliphatic carbocycles. The lowest BCUT2D eigenvalue weighted by Crippen LogP contribution is -1.90. The van der Waals surface area contributed by atoms with E-state index in [2.05, 4.69) is 11.6 Å². The van der Waals surface area contributed by atoms with Crippen LogP contribution in [0.25, 0.3) is 0 Å². The molecule has 64 valence electrons. The molecule has 0 unspecified atom stereocenters. The van der Waals surface area contributed by atoms with Gasteiger partial charge in [0.1, 0.15) is 0 Å². The quantitative estimate of drug-likeness (QED) is 0.602. The van der Waals surface area contributed by atoms with Gasteiger partial charge in [0.05, 0.1) is 21.8 Å². The Morgan fingerprint density at radius 3 is 3.00 bits per heavy atom. The number of pyridine rings is 1. The average molecular weight is 201 g/mol. The van der Waals surface area contributed by atoms with Crippen LogP contribution in [0.5, 0.6) is 0 Å². The van der Waals surface area contributed by atoms with Gasteiger partial charge in [-0.15, -0.1) is 18.3 Å². The first-order valence-electron chi connectivity index (χ1n) is 3.38. The molecule has 2 nitrogen and oxygen atoms in total. The van der Waals surface area contributed by atoms with E-state index in [4.69, 9.17) is 17.3 Å². The van der Waals surface area contributed by atoms with Crippen molar-refractivity contribution in [2.24, 2.45) is 0 Å². The third kappa shape index (κ3) is 2.16. The molecule has 0 aliphatic heterocycles.